The molecule has 1 fully saturated rings. The normalized spacial score (nSPS) is 25.3. The third-order valence-electron chi connectivity index (χ3n) is 4.22. The molecule has 0 heterocycles. The van der Waals surface area contributed by atoms with Crippen LogP contribution in [0.25, 0.3) is 0 Å². The van der Waals surface area contributed by atoms with Crippen molar-refractivity contribution in [2.45, 2.75) is 57.7 Å². The van der Waals surface area contributed by atoms with Crippen LogP contribution in [0, 0.1) is 19.8 Å². The second-order valence-corrected chi connectivity index (χ2v) is 7.53. The Morgan fingerprint density at radius 2 is 2.11 bits per heavy atom. The van der Waals surface area contributed by atoms with Crippen molar-refractivity contribution >= 4 is 11.8 Å². The highest BCUT2D eigenvalue weighted by Crippen LogP contribution is 2.33. The molecule has 0 aromatic heterocycles. The van der Waals surface area contributed by atoms with Crippen LogP contribution in [0.4, 0.5) is 0 Å². The Morgan fingerprint density at radius 3 is 2.79 bits per heavy atom. The van der Waals surface area contributed by atoms with Crippen LogP contribution in [0.1, 0.15) is 55.3 Å². The lowest BCUT2D eigenvalue weighted by atomic mass is 9.91. The minimum absolute atomic E-state index is 0.183. The predicted molar refractivity (Wildman–Crippen MR) is 86.7 cm³/mol. The Morgan fingerprint density at radius 1 is 1.32 bits per heavy atom. The molecule has 0 bridgehead atoms. The average Bonchev–Trinajstić information content (AvgIpc) is 2.36. The smallest absolute Gasteiger partial charge is 0.0389 e. The fourth-order valence-electron chi connectivity index (χ4n) is 3.10. The number of aryl methyl sites for hydroxylation is 2. The molecule has 0 spiro atoms. The van der Waals surface area contributed by atoms with Crippen molar-refractivity contribution in [3.63, 3.8) is 0 Å². The summed E-state index contributed by atoms with van der Waals surface area (Å²) in [5.74, 6) is 1.96. The lowest BCUT2D eigenvalue weighted by Gasteiger charge is -2.27. The zero-order valence-electron chi connectivity index (χ0n) is 12.5. The van der Waals surface area contributed by atoms with Gasteiger partial charge in [-0.15, -0.1) is 0 Å². The Balaban J connectivity index is 1.88. The van der Waals surface area contributed by atoms with E-state index in [1.54, 1.807) is 0 Å². The number of nitrogens with two attached hydrogens (primary N) is 1. The summed E-state index contributed by atoms with van der Waals surface area (Å²) < 4.78 is 0. The molecule has 106 valence electrons. The van der Waals surface area contributed by atoms with Gasteiger partial charge in [-0.1, -0.05) is 43.5 Å². The summed E-state index contributed by atoms with van der Waals surface area (Å²) >= 11 is 2.09. The Bertz CT molecular complexity index is 416. The first-order valence-electron chi connectivity index (χ1n) is 7.50. The van der Waals surface area contributed by atoms with Gasteiger partial charge in [0.25, 0.3) is 0 Å². The van der Waals surface area contributed by atoms with Crippen molar-refractivity contribution in [2.75, 3.05) is 5.75 Å². The minimum atomic E-state index is 0.183. The molecule has 3 atom stereocenters. The van der Waals surface area contributed by atoms with Gasteiger partial charge in [-0.25, -0.2) is 0 Å². The van der Waals surface area contributed by atoms with Gasteiger partial charge in [0.2, 0.25) is 0 Å². The lowest BCUT2D eigenvalue weighted by Crippen LogP contribution is -2.20. The number of hydrogen-bond acceptors (Lipinski definition) is 2. The van der Waals surface area contributed by atoms with E-state index in [1.165, 1.54) is 42.4 Å². The Labute approximate surface area is 122 Å². The first-order chi connectivity index (χ1) is 9.06. The Hall–Kier alpha value is -0.470. The van der Waals surface area contributed by atoms with Gasteiger partial charge in [-0.05, 0) is 43.7 Å². The summed E-state index contributed by atoms with van der Waals surface area (Å²) in [5, 5.41) is 0.834. The number of thioether (sulfide) groups is 1. The maximum atomic E-state index is 6.38. The zero-order valence-corrected chi connectivity index (χ0v) is 13.3. The number of hydrogen-bond donors (Lipinski definition) is 1. The highest BCUT2D eigenvalue weighted by Gasteiger charge is 2.20. The van der Waals surface area contributed by atoms with Crippen LogP contribution in [-0.2, 0) is 0 Å². The summed E-state index contributed by atoms with van der Waals surface area (Å²) in [6, 6.07) is 6.81. The van der Waals surface area contributed by atoms with E-state index in [4.69, 9.17) is 5.73 Å². The number of benzene rings is 1. The standard InChI is InChI=1S/C17H27NS/c1-12-5-4-6-15(10-12)19-11-17(18)16-8-7-13(2)9-14(16)3/h7-9,12,15,17H,4-6,10-11,18H2,1-3H3. The van der Waals surface area contributed by atoms with Gasteiger partial charge in [0.15, 0.2) is 0 Å². The fraction of sp³-hybridized carbons (Fsp3) is 0.647. The second-order valence-electron chi connectivity index (χ2n) is 6.19. The minimum Gasteiger partial charge on any atom is -0.323 e. The van der Waals surface area contributed by atoms with Crippen molar-refractivity contribution in [1.82, 2.24) is 0 Å². The highest BCUT2D eigenvalue weighted by atomic mass is 32.2. The molecule has 1 saturated carbocycles. The van der Waals surface area contributed by atoms with Crippen LogP contribution in [0.2, 0.25) is 0 Å². The van der Waals surface area contributed by atoms with Gasteiger partial charge in [0.1, 0.15) is 0 Å². The van der Waals surface area contributed by atoms with E-state index in [-0.39, 0.29) is 6.04 Å². The van der Waals surface area contributed by atoms with Crippen molar-refractivity contribution in [3.8, 4) is 0 Å². The molecule has 0 aliphatic heterocycles. The summed E-state index contributed by atoms with van der Waals surface area (Å²) in [6.45, 7) is 6.70. The maximum absolute atomic E-state index is 6.38. The largest absolute Gasteiger partial charge is 0.323 e. The monoisotopic (exact) mass is 277 g/mol. The van der Waals surface area contributed by atoms with Crippen LogP contribution in [0.15, 0.2) is 18.2 Å². The van der Waals surface area contributed by atoms with Gasteiger partial charge in [0.05, 0.1) is 0 Å². The van der Waals surface area contributed by atoms with Gasteiger partial charge < -0.3 is 5.73 Å². The van der Waals surface area contributed by atoms with Gasteiger partial charge in [-0.2, -0.15) is 11.8 Å². The molecule has 2 rings (SSSR count). The third-order valence-corrected chi connectivity index (χ3v) is 5.68. The SMILES string of the molecule is Cc1ccc(C(N)CSC2CCCC(C)C2)c(C)c1. The van der Waals surface area contributed by atoms with E-state index in [2.05, 4.69) is 50.7 Å². The Kier molecular flexibility index (Phi) is 5.35. The molecule has 1 aliphatic rings. The van der Waals surface area contributed by atoms with Crippen LogP contribution in [0.3, 0.4) is 0 Å². The first-order valence-corrected chi connectivity index (χ1v) is 8.55. The van der Waals surface area contributed by atoms with Crippen molar-refractivity contribution in [3.05, 3.63) is 34.9 Å². The quantitative estimate of drug-likeness (QED) is 0.869. The molecule has 0 amide bonds. The van der Waals surface area contributed by atoms with Gasteiger partial charge in [0, 0.05) is 17.0 Å². The van der Waals surface area contributed by atoms with E-state index >= 15 is 0 Å². The third kappa shape index (κ3) is 4.25. The van der Waals surface area contributed by atoms with E-state index in [9.17, 15) is 0 Å². The van der Waals surface area contributed by atoms with E-state index < -0.39 is 0 Å². The molecule has 0 radical (unpaired) electrons. The van der Waals surface area contributed by atoms with Gasteiger partial charge in [-0.3, -0.25) is 0 Å². The first kappa shape index (κ1) is 14.9. The molecular formula is C17H27NS. The van der Waals surface area contributed by atoms with Crippen molar-refractivity contribution < 1.29 is 0 Å². The molecule has 1 aliphatic carbocycles. The molecular weight excluding hydrogens is 250 g/mol. The maximum Gasteiger partial charge on any atom is 0.0389 e. The zero-order chi connectivity index (χ0) is 13.8. The topological polar surface area (TPSA) is 26.0 Å². The molecule has 1 nitrogen and oxygen atoms in total. The van der Waals surface area contributed by atoms with Crippen molar-refractivity contribution in [1.29, 1.82) is 0 Å². The molecule has 0 saturated heterocycles. The number of rotatable bonds is 4. The van der Waals surface area contributed by atoms with E-state index in [0.29, 0.717) is 0 Å². The lowest BCUT2D eigenvalue weighted by molar-refractivity contribution is 0.394. The predicted octanol–water partition coefficient (Wildman–Crippen LogP) is 4.62. The molecule has 3 unspecified atom stereocenters. The highest BCUT2D eigenvalue weighted by molar-refractivity contribution is 7.99. The molecule has 2 N–H and O–H groups in total. The van der Waals surface area contributed by atoms with Crippen LogP contribution < -0.4 is 5.73 Å². The molecule has 1 aromatic carbocycles. The molecule has 1 aromatic rings. The molecule has 2 heteroatoms. The summed E-state index contributed by atoms with van der Waals surface area (Å²) in [7, 11) is 0. The van der Waals surface area contributed by atoms with E-state index in [1.807, 2.05) is 0 Å². The van der Waals surface area contributed by atoms with Gasteiger partial charge >= 0.3 is 0 Å². The van der Waals surface area contributed by atoms with Crippen LogP contribution in [0.5, 0.6) is 0 Å². The summed E-state index contributed by atoms with van der Waals surface area (Å²) in [5.41, 5.74) is 10.4. The summed E-state index contributed by atoms with van der Waals surface area (Å²) in [6.07, 6.45) is 5.58. The average molecular weight is 277 g/mol. The van der Waals surface area contributed by atoms with Crippen molar-refractivity contribution in [2.24, 2.45) is 11.7 Å². The van der Waals surface area contributed by atoms with E-state index in [0.717, 1.165) is 16.9 Å². The summed E-state index contributed by atoms with van der Waals surface area (Å²) in [4.78, 5) is 0. The fourth-order valence-corrected chi connectivity index (χ4v) is 4.56. The van der Waals surface area contributed by atoms with Crippen LogP contribution in [-0.4, -0.2) is 11.0 Å². The molecule has 19 heavy (non-hydrogen) atoms. The van der Waals surface area contributed by atoms with Crippen LogP contribution >= 0.6 is 11.8 Å². The second kappa shape index (κ2) is 6.81.